The maximum absolute atomic E-state index is 14.9. The maximum atomic E-state index is 14.9. The van der Waals surface area contributed by atoms with Crippen molar-refractivity contribution in [3.05, 3.63) is 52.4 Å². The van der Waals surface area contributed by atoms with Gasteiger partial charge < -0.3 is 19.4 Å². The van der Waals surface area contributed by atoms with Crippen molar-refractivity contribution in [2.24, 2.45) is 17.8 Å². The number of H-pyrrole nitrogens is 1. The van der Waals surface area contributed by atoms with Gasteiger partial charge in [-0.15, -0.1) is 0 Å². The van der Waals surface area contributed by atoms with Crippen LogP contribution in [0.25, 0.3) is 10.9 Å². The average molecular weight is 570 g/mol. The van der Waals surface area contributed by atoms with Gasteiger partial charge in [0.05, 0.1) is 27.9 Å². The summed E-state index contributed by atoms with van der Waals surface area (Å²) in [6.45, 7) is 7.07. The van der Waals surface area contributed by atoms with Crippen molar-refractivity contribution in [1.29, 1.82) is 0 Å². The summed E-state index contributed by atoms with van der Waals surface area (Å²) >= 11 is 12.3. The van der Waals surface area contributed by atoms with E-state index in [0.717, 1.165) is 6.07 Å². The number of carbonyl (C=O) groups excluding carboxylic acids is 1. The second-order valence-electron chi connectivity index (χ2n) is 10.4. The minimum absolute atomic E-state index is 0.187. The molecule has 37 heavy (non-hydrogen) atoms. The van der Waals surface area contributed by atoms with E-state index in [-0.39, 0.29) is 23.4 Å². The molecule has 3 aromatic rings. The van der Waals surface area contributed by atoms with Crippen molar-refractivity contribution >= 4 is 55.9 Å². The highest BCUT2D eigenvalue weighted by Gasteiger charge is 2.57. The SMILES string of the molecule is CC(C)(C)OC(=O)N1C[C@@H]2C(COc3ccc(S(=O)(=O)Nc4ccc(Cl)c5c(Cl)c[nH]c45)c(F)c3)[C@@H]2C1. The molecule has 198 valence electrons. The second kappa shape index (κ2) is 9.25. The molecule has 2 aliphatic rings. The third-order valence-electron chi connectivity index (χ3n) is 6.64. The number of likely N-dealkylation sites (tertiary alicyclic amines) is 1. The Bertz CT molecular complexity index is 1480. The molecule has 3 atom stereocenters. The van der Waals surface area contributed by atoms with Gasteiger partial charge in [-0.2, -0.15) is 0 Å². The van der Waals surface area contributed by atoms with Gasteiger partial charge in [-0.25, -0.2) is 17.6 Å². The summed E-state index contributed by atoms with van der Waals surface area (Å²) in [6.07, 6.45) is 1.18. The van der Waals surface area contributed by atoms with E-state index in [1.165, 1.54) is 30.5 Å². The minimum atomic E-state index is -4.25. The zero-order valence-electron chi connectivity index (χ0n) is 20.3. The fourth-order valence-electron chi connectivity index (χ4n) is 4.81. The summed E-state index contributed by atoms with van der Waals surface area (Å²) in [5.74, 6) is 0.187. The van der Waals surface area contributed by atoms with Crippen LogP contribution in [-0.4, -0.2) is 49.7 Å². The number of ether oxygens (including phenoxy) is 2. The largest absolute Gasteiger partial charge is 0.493 e. The van der Waals surface area contributed by atoms with Crippen LogP contribution in [0.15, 0.2) is 41.4 Å². The monoisotopic (exact) mass is 569 g/mol. The Morgan fingerprint density at radius 3 is 2.51 bits per heavy atom. The predicted molar refractivity (Wildman–Crippen MR) is 139 cm³/mol. The van der Waals surface area contributed by atoms with Crippen molar-refractivity contribution in [2.45, 2.75) is 31.3 Å². The maximum Gasteiger partial charge on any atom is 0.410 e. The number of aromatic amines is 1. The number of nitrogens with one attached hydrogen (secondary N) is 2. The molecular weight excluding hydrogens is 544 g/mol. The van der Waals surface area contributed by atoms with Crippen LogP contribution in [0, 0.1) is 23.6 Å². The molecule has 5 rings (SSSR count). The molecule has 1 aliphatic carbocycles. The van der Waals surface area contributed by atoms with Crippen molar-refractivity contribution in [1.82, 2.24) is 9.88 Å². The van der Waals surface area contributed by atoms with Gasteiger partial charge >= 0.3 is 6.09 Å². The van der Waals surface area contributed by atoms with Crippen LogP contribution < -0.4 is 9.46 Å². The topological polar surface area (TPSA) is 101 Å². The van der Waals surface area contributed by atoms with E-state index >= 15 is 0 Å². The molecule has 1 unspecified atom stereocenters. The number of rotatable bonds is 6. The number of carbonyl (C=O) groups is 1. The fraction of sp³-hybridized carbons (Fsp3) is 0.400. The number of benzene rings is 2. The highest BCUT2D eigenvalue weighted by Crippen LogP contribution is 2.52. The number of piperidine rings is 1. The molecule has 2 heterocycles. The number of hydrogen-bond acceptors (Lipinski definition) is 5. The van der Waals surface area contributed by atoms with Crippen LogP contribution in [0.3, 0.4) is 0 Å². The van der Waals surface area contributed by atoms with Crippen molar-refractivity contribution < 1.29 is 27.1 Å². The quantitative estimate of drug-likeness (QED) is 0.384. The summed E-state index contributed by atoms with van der Waals surface area (Å²) in [5, 5.41) is 1.16. The number of amides is 1. The Morgan fingerprint density at radius 1 is 1.16 bits per heavy atom. The molecule has 2 fully saturated rings. The third-order valence-corrected chi connectivity index (χ3v) is 8.65. The second-order valence-corrected chi connectivity index (χ2v) is 12.8. The Kier molecular flexibility index (Phi) is 6.49. The van der Waals surface area contributed by atoms with Crippen LogP contribution in [0.4, 0.5) is 14.9 Å². The molecule has 1 saturated carbocycles. The lowest BCUT2D eigenvalue weighted by Gasteiger charge is -2.25. The van der Waals surface area contributed by atoms with Gasteiger partial charge in [-0.05, 0) is 56.9 Å². The molecule has 1 aliphatic heterocycles. The van der Waals surface area contributed by atoms with Crippen LogP contribution >= 0.6 is 23.2 Å². The van der Waals surface area contributed by atoms with E-state index in [9.17, 15) is 17.6 Å². The average Bonchev–Trinajstić information content (AvgIpc) is 3.10. The van der Waals surface area contributed by atoms with Gasteiger partial charge in [0.15, 0.2) is 0 Å². The molecule has 0 spiro atoms. The van der Waals surface area contributed by atoms with Crippen LogP contribution in [0.1, 0.15) is 20.8 Å². The lowest BCUT2D eigenvalue weighted by atomic mass is 10.2. The van der Waals surface area contributed by atoms with Gasteiger partial charge in [0.25, 0.3) is 10.0 Å². The number of fused-ring (bicyclic) bond motifs is 2. The van der Waals surface area contributed by atoms with E-state index in [1.807, 2.05) is 20.8 Å². The zero-order valence-corrected chi connectivity index (χ0v) is 22.7. The Balaban J connectivity index is 1.20. The molecule has 0 bridgehead atoms. The molecule has 1 amide bonds. The van der Waals surface area contributed by atoms with E-state index < -0.39 is 26.3 Å². The first-order valence-corrected chi connectivity index (χ1v) is 14.0. The van der Waals surface area contributed by atoms with Crippen LogP contribution in [0.5, 0.6) is 5.75 Å². The first-order valence-electron chi connectivity index (χ1n) is 11.7. The van der Waals surface area contributed by atoms with Gasteiger partial charge in [0.1, 0.15) is 22.1 Å². The third kappa shape index (κ3) is 5.19. The van der Waals surface area contributed by atoms with Crippen LogP contribution in [0.2, 0.25) is 10.0 Å². The number of halogens is 3. The lowest BCUT2D eigenvalue weighted by Crippen LogP contribution is -2.37. The molecule has 2 N–H and O–H groups in total. The van der Waals surface area contributed by atoms with Crippen LogP contribution in [-0.2, 0) is 14.8 Å². The molecule has 1 saturated heterocycles. The Labute approximate surface area is 224 Å². The van der Waals surface area contributed by atoms with Gasteiger partial charge in [-0.1, -0.05) is 23.2 Å². The normalized spacial score (nSPS) is 21.1. The van der Waals surface area contributed by atoms with Crippen molar-refractivity contribution in [3.8, 4) is 5.75 Å². The zero-order chi connectivity index (χ0) is 26.7. The first kappa shape index (κ1) is 25.9. The number of aromatic nitrogens is 1. The number of nitrogens with zero attached hydrogens (tertiary/aromatic N) is 1. The number of sulfonamides is 1. The first-order chi connectivity index (χ1) is 17.3. The summed E-state index contributed by atoms with van der Waals surface area (Å²) in [6, 6.07) is 6.63. The summed E-state index contributed by atoms with van der Waals surface area (Å²) in [4.78, 5) is 16.3. The number of anilines is 1. The number of hydrogen-bond donors (Lipinski definition) is 2. The van der Waals surface area contributed by atoms with E-state index in [2.05, 4.69) is 9.71 Å². The molecule has 0 radical (unpaired) electrons. The Hall–Kier alpha value is -2.69. The van der Waals surface area contributed by atoms with Crippen molar-refractivity contribution in [2.75, 3.05) is 24.4 Å². The fourth-order valence-corrected chi connectivity index (χ4v) is 6.50. The summed E-state index contributed by atoms with van der Waals surface area (Å²) in [7, 11) is -4.25. The predicted octanol–water partition coefficient (Wildman–Crippen LogP) is 5.91. The van der Waals surface area contributed by atoms with E-state index in [0.29, 0.717) is 52.5 Å². The summed E-state index contributed by atoms with van der Waals surface area (Å²) in [5.41, 5.74) is 0.0378. The smallest absolute Gasteiger partial charge is 0.410 e. The highest BCUT2D eigenvalue weighted by atomic mass is 35.5. The molecular formula is C25H26Cl2FN3O5S. The molecule has 1 aromatic heterocycles. The van der Waals surface area contributed by atoms with E-state index in [1.54, 1.807) is 4.90 Å². The minimum Gasteiger partial charge on any atom is -0.493 e. The molecule has 8 nitrogen and oxygen atoms in total. The highest BCUT2D eigenvalue weighted by molar-refractivity contribution is 7.92. The Morgan fingerprint density at radius 2 is 1.86 bits per heavy atom. The molecule has 12 heteroatoms. The standard InChI is InChI=1S/C25H26Cl2FN3O5S/c1-25(2,3)36-24(32)31-10-14-15(11-31)16(14)12-35-13-4-7-21(19(28)8-13)37(33,34)30-20-6-5-17(26)22-18(27)9-29-23(20)22/h4-9,14-16,29-30H,10-12H2,1-3H3/t14-,15+,16?. The lowest BCUT2D eigenvalue weighted by molar-refractivity contribution is 0.0261. The van der Waals surface area contributed by atoms with Crippen molar-refractivity contribution in [3.63, 3.8) is 0 Å². The van der Waals surface area contributed by atoms with Gasteiger partial charge in [-0.3, -0.25) is 4.72 Å². The van der Waals surface area contributed by atoms with Gasteiger partial charge in [0, 0.05) is 36.7 Å². The summed E-state index contributed by atoms with van der Waals surface area (Å²) < 4.78 is 54.3. The van der Waals surface area contributed by atoms with E-state index in [4.69, 9.17) is 32.7 Å². The van der Waals surface area contributed by atoms with Gasteiger partial charge in [0.2, 0.25) is 0 Å². The molecule has 2 aromatic carbocycles.